The van der Waals surface area contributed by atoms with Crippen molar-refractivity contribution in [3.63, 3.8) is 0 Å². The smallest absolute Gasteiger partial charge is 1.00 e. The first-order chi connectivity index (χ1) is 1.00. The number of terminal acetylenes is 1. The summed E-state index contributed by atoms with van der Waals surface area (Å²) in [6.07, 6.45) is 8.00. The average Bonchev–Trinajstić information content (AvgIpc) is 1.00. The first-order valence-corrected chi connectivity index (χ1v) is 0.333. The van der Waals surface area contributed by atoms with E-state index in [9.17, 15) is 0 Å². The summed E-state index contributed by atoms with van der Waals surface area (Å²) >= 11 is 0. The third-order valence-electron chi connectivity index (χ3n) is 0. The Morgan fingerprint density at radius 2 is 1.25 bits per heavy atom. The van der Waals surface area contributed by atoms with Gasteiger partial charge in [0, 0.05) is 0 Å². The molecule has 16 valence electrons. The number of hydrogen-bond acceptors (Lipinski definition) is 0. The van der Waals surface area contributed by atoms with E-state index in [0.717, 1.165) is 0 Å². The number of rotatable bonds is 0. The molecular formula is C2H5MgNa. The second-order valence-electron chi connectivity index (χ2n) is 0. The van der Waals surface area contributed by atoms with Crippen molar-refractivity contribution >= 4 is 23.1 Å². The fraction of sp³-hybridized carbons (Fsp3) is 0. The predicted molar refractivity (Wildman–Crippen MR) is 19.0 cm³/mol. The van der Waals surface area contributed by atoms with Gasteiger partial charge in [-0.15, -0.1) is 12.8 Å². The molecule has 0 radical (unpaired) electrons. The summed E-state index contributed by atoms with van der Waals surface area (Å²) in [5, 5.41) is 0. The van der Waals surface area contributed by atoms with Crippen molar-refractivity contribution in [3.8, 4) is 12.8 Å². The van der Waals surface area contributed by atoms with Gasteiger partial charge in [0.1, 0.15) is 0 Å². The Morgan fingerprint density at radius 3 is 1.25 bits per heavy atom. The van der Waals surface area contributed by atoms with E-state index in [1.165, 1.54) is 0 Å². The van der Waals surface area contributed by atoms with E-state index >= 15 is 0 Å². The Balaban J connectivity index is -0.000000000500. The third kappa shape index (κ3) is 10.2. The van der Waals surface area contributed by atoms with Crippen LogP contribution in [0.5, 0.6) is 0 Å². The van der Waals surface area contributed by atoms with Gasteiger partial charge in [-0.1, -0.05) is 0 Å². The van der Waals surface area contributed by atoms with E-state index in [0.29, 0.717) is 0 Å². The predicted octanol–water partition coefficient (Wildman–Crippen LogP) is -2.79. The van der Waals surface area contributed by atoms with Crippen molar-refractivity contribution in [2.75, 3.05) is 0 Å². The second-order valence-corrected chi connectivity index (χ2v) is 0. The fourth-order valence-corrected chi connectivity index (χ4v) is 0. The molecule has 0 spiro atoms. The topological polar surface area (TPSA) is 0 Å². The molecule has 0 nitrogen and oxygen atoms in total. The standard InChI is InChI=1S/C2H2.Mg.Na.3H/c1-2;;;;;/h1-2H;;;;;/q;+2;+1;3*-1. The molecule has 0 aliphatic carbocycles. The quantitative estimate of drug-likeness (QED) is 0.216. The summed E-state index contributed by atoms with van der Waals surface area (Å²) in [5.74, 6) is 0. The minimum Gasteiger partial charge on any atom is -1.00 e. The van der Waals surface area contributed by atoms with E-state index in [2.05, 4.69) is 12.8 Å². The molecule has 0 bridgehead atoms. The Morgan fingerprint density at radius 1 is 1.25 bits per heavy atom. The van der Waals surface area contributed by atoms with E-state index in [4.69, 9.17) is 0 Å². The summed E-state index contributed by atoms with van der Waals surface area (Å²) in [6, 6.07) is 0. The minimum absolute atomic E-state index is 0. The molecule has 2 heteroatoms. The maximum absolute atomic E-state index is 4.00. The molecule has 0 N–H and O–H groups in total. The van der Waals surface area contributed by atoms with Crippen LogP contribution in [-0.2, 0) is 0 Å². The van der Waals surface area contributed by atoms with Gasteiger partial charge in [-0.3, -0.25) is 0 Å². The molecule has 0 amide bonds. The molecule has 0 fully saturated rings. The van der Waals surface area contributed by atoms with E-state index in [1.807, 2.05) is 0 Å². The Labute approximate surface area is 69.2 Å². The second kappa shape index (κ2) is 27.2. The molecule has 0 heterocycles. The SMILES string of the molecule is C#C.[H-].[H-].[H-].[Mg+2].[Na+]. The van der Waals surface area contributed by atoms with Gasteiger partial charge in [0.15, 0.2) is 0 Å². The summed E-state index contributed by atoms with van der Waals surface area (Å²) in [4.78, 5) is 0. The van der Waals surface area contributed by atoms with Crippen LogP contribution in [0.25, 0.3) is 0 Å². The van der Waals surface area contributed by atoms with Gasteiger partial charge in [-0.25, -0.2) is 0 Å². The molecular weight excluding hydrogens is 71.3 g/mol. The molecule has 0 aliphatic rings. The molecule has 0 unspecified atom stereocenters. The van der Waals surface area contributed by atoms with Crippen LogP contribution in [0, 0.1) is 12.8 Å². The van der Waals surface area contributed by atoms with Crippen molar-refractivity contribution in [1.29, 1.82) is 0 Å². The van der Waals surface area contributed by atoms with Gasteiger partial charge < -0.3 is 4.28 Å². The molecule has 0 aromatic carbocycles. The molecule has 4 heavy (non-hydrogen) atoms. The maximum atomic E-state index is 4.00. The van der Waals surface area contributed by atoms with Crippen molar-refractivity contribution in [1.82, 2.24) is 0 Å². The van der Waals surface area contributed by atoms with Crippen LogP contribution in [-0.4, -0.2) is 23.1 Å². The Kier molecular flexibility index (Phi) is 125. The van der Waals surface area contributed by atoms with Crippen LogP contribution in [0.15, 0.2) is 0 Å². The van der Waals surface area contributed by atoms with Gasteiger partial charge >= 0.3 is 52.6 Å². The molecule has 0 rings (SSSR count). The van der Waals surface area contributed by atoms with Crippen LogP contribution in [0.1, 0.15) is 4.28 Å². The Hall–Kier alpha value is 1.33. The maximum Gasteiger partial charge on any atom is 2.00 e. The average molecular weight is 76.4 g/mol. The van der Waals surface area contributed by atoms with Gasteiger partial charge in [-0.05, 0) is 0 Å². The summed E-state index contributed by atoms with van der Waals surface area (Å²) in [6.45, 7) is 0. The molecule has 0 saturated carbocycles. The van der Waals surface area contributed by atoms with Crippen molar-refractivity contribution in [3.05, 3.63) is 0 Å². The zero-order valence-corrected chi connectivity index (χ0v) is 6.28. The Bertz CT molecular complexity index is 17.7. The summed E-state index contributed by atoms with van der Waals surface area (Å²) in [7, 11) is 0. The zero-order chi connectivity index (χ0) is 2.00. The molecule has 0 aliphatic heterocycles. The van der Waals surface area contributed by atoms with E-state index in [1.54, 1.807) is 0 Å². The van der Waals surface area contributed by atoms with Gasteiger partial charge in [0.05, 0.1) is 0 Å². The van der Waals surface area contributed by atoms with Gasteiger partial charge in [-0.2, -0.15) is 0 Å². The van der Waals surface area contributed by atoms with E-state index < -0.39 is 0 Å². The van der Waals surface area contributed by atoms with Crippen molar-refractivity contribution < 1.29 is 33.8 Å². The van der Waals surface area contributed by atoms with Crippen LogP contribution in [0.4, 0.5) is 0 Å². The molecule has 0 saturated heterocycles. The van der Waals surface area contributed by atoms with Gasteiger partial charge in [0.2, 0.25) is 0 Å². The monoisotopic (exact) mass is 76.0 g/mol. The van der Waals surface area contributed by atoms with Crippen LogP contribution >= 0.6 is 0 Å². The fourth-order valence-electron chi connectivity index (χ4n) is 0. The van der Waals surface area contributed by atoms with E-state index in [-0.39, 0.29) is 56.9 Å². The van der Waals surface area contributed by atoms with Gasteiger partial charge in [0.25, 0.3) is 0 Å². The summed E-state index contributed by atoms with van der Waals surface area (Å²) in [5.41, 5.74) is 0. The number of hydrogen-bond donors (Lipinski definition) is 0. The zero-order valence-electron chi connectivity index (χ0n) is 5.86. The normalized spacial score (nSPS) is 0.500. The van der Waals surface area contributed by atoms with Crippen molar-refractivity contribution in [2.24, 2.45) is 0 Å². The third-order valence-corrected chi connectivity index (χ3v) is 0. The summed E-state index contributed by atoms with van der Waals surface area (Å²) < 4.78 is 0. The molecule has 0 atom stereocenters. The molecule has 0 aromatic heterocycles. The largest absolute Gasteiger partial charge is 2.00 e. The van der Waals surface area contributed by atoms with Crippen LogP contribution in [0.3, 0.4) is 0 Å². The first kappa shape index (κ1) is 18.4. The van der Waals surface area contributed by atoms with Crippen molar-refractivity contribution in [2.45, 2.75) is 0 Å². The first-order valence-electron chi connectivity index (χ1n) is 0.333. The molecule has 0 aromatic rings. The minimum atomic E-state index is 0. The van der Waals surface area contributed by atoms with Crippen LogP contribution in [0.2, 0.25) is 0 Å². The van der Waals surface area contributed by atoms with Crippen LogP contribution < -0.4 is 29.6 Å².